The molecule has 0 bridgehead atoms. The fourth-order valence-electron chi connectivity index (χ4n) is 1.59. The predicted molar refractivity (Wildman–Crippen MR) is 171 cm³/mol. The van der Waals surface area contributed by atoms with E-state index < -0.39 is 16.4 Å². The number of hydrogen-bond donors (Lipinski definition) is 1. The summed E-state index contributed by atoms with van der Waals surface area (Å²) in [7, 11) is 0.545. The van der Waals surface area contributed by atoms with Crippen molar-refractivity contribution in [3.05, 3.63) is 75.5 Å². The van der Waals surface area contributed by atoms with Crippen LogP contribution in [0.4, 0.5) is 0 Å². The van der Waals surface area contributed by atoms with E-state index in [0.717, 1.165) is 5.75 Å². The van der Waals surface area contributed by atoms with Crippen LogP contribution in [-0.2, 0) is 89.0 Å². The van der Waals surface area contributed by atoms with E-state index in [2.05, 4.69) is 19.6 Å². The first-order valence-corrected chi connectivity index (χ1v) is 18.9. The molecule has 0 saturated heterocycles. The van der Waals surface area contributed by atoms with Gasteiger partial charge in [0.1, 0.15) is 17.3 Å². The summed E-state index contributed by atoms with van der Waals surface area (Å²) in [6, 6.07) is 18.7. The van der Waals surface area contributed by atoms with Gasteiger partial charge in [0, 0.05) is 86.4 Å². The summed E-state index contributed by atoms with van der Waals surface area (Å²) in [6.45, 7) is 16.3. The van der Waals surface area contributed by atoms with Gasteiger partial charge in [-0.1, -0.05) is 56.0 Å². The van der Waals surface area contributed by atoms with Crippen LogP contribution in [0.25, 0.3) is 0 Å². The topological polar surface area (TPSA) is 108 Å². The van der Waals surface area contributed by atoms with Gasteiger partial charge in [-0.15, -0.1) is 0 Å². The molecule has 0 aliphatic rings. The first-order valence-electron chi connectivity index (χ1n) is 12.1. The van der Waals surface area contributed by atoms with E-state index in [-0.39, 0.29) is 104 Å². The molecule has 2 radical (unpaired) electrons. The Bertz CT molecular complexity index is 870. The standard InChI is InChI=1S/C8H8O2.C7H8O.C6H14O2Si.C4H12O2Si.C3H6O.2CH3.2Y/c1-7(9)10-8-5-3-2-4-6-8;1-8-7-5-3-2-4-6-7;1-6(7)8-5-9(2,3)4;1-6-7(2,3)4-5;1-3(2)4;;;;/h2-6H,1H3;2-6H,1H3;5H2,1-4H3;5H,4H2,1-3H3;1-2H3;2*1H3;;/q;;;;;2*-1;;. The quantitative estimate of drug-likeness (QED) is 0.152. The van der Waals surface area contributed by atoms with Crippen LogP contribution in [0.5, 0.6) is 11.5 Å². The summed E-state index contributed by atoms with van der Waals surface area (Å²) in [4.78, 5) is 30.1. The molecule has 2 aromatic carbocycles. The van der Waals surface area contributed by atoms with Gasteiger partial charge in [0.05, 0.1) is 27.6 Å². The maximum atomic E-state index is 10.4. The average Bonchev–Trinajstić information content (AvgIpc) is 2.84. The molecular weight excluding hydrogens is 722 g/mol. The van der Waals surface area contributed by atoms with Crippen LogP contribution in [0, 0.1) is 14.9 Å². The molecule has 0 amide bonds. The largest absolute Gasteiger partial charge is 0.497 e. The average molecular weight is 777 g/mol. The smallest absolute Gasteiger partial charge is 0.308 e. The van der Waals surface area contributed by atoms with Crippen molar-refractivity contribution in [1.29, 1.82) is 0 Å². The van der Waals surface area contributed by atoms with Crippen LogP contribution in [0.15, 0.2) is 60.7 Å². The van der Waals surface area contributed by atoms with E-state index in [1.807, 2.05) is 61.6 Å². The van der Waals surface area contributed by atoms with Gasteiger partial charge < -0.3 is 43.4 Å². The second kappa shape index (κ2) is 34.9. The molecule has 0 aliphatic heterocycles. The van der Waals surface area contributed by atoms with E-state index in [4.69, 9.17) is 23.7 Å². The minimum Gasteiger partial charge on any atom is -0.497 e. The third kappa shape index (κ3) is 52.1. The molecule has 0 fully saturated rings. The van der Waals surface area contributed by atoms with Crippen molar-refractivity contribution in [3.63, 3.8) is 0 Å². The Hall–Kier alpha value is -0.588. The van der Waals surface area contributed by atoms with Crippen molar-refractivity contribution < 1.29 is 104 Å². The molecule has 0 aromatic heterocycles. The van der Waals surface area contributed by atoms with E-state index in [1.165, 1.54) is 27.7 Å². The third-order valence-electron chi connectivity index (χ3n) is 3.63. The molecule has 0 heterocycles. The van der Waals surface area contributed by atoms with Gasteiger partial charge in [0.2, 0.25) is 8.32 Å². The zero-order chi connectivity index (χ0) is 30.2. The number of aliphatic hydroxyl groups excluding tert-OH is 1. The zero-order valence-electron chi connectivity index (χ0n) is 28.1. The number of ether oxygens (including phenoxy) is 3. The number of methoxy groups -OCH3 is 1. The van der Waals surface area contributed by atoms with Crippen molar-refractivity contribution in [2.24, 2.45) is 0 Å². The number of Topliss-reactive ketones (excluding diaryl/α,β-unsaturated/α-hetero) is 1. The van der Waals surface area contributed by atoms with Crippen molar-refractivity contribution in [1.82, 2.24) is 0 Å². The number of aliphatic hydroxyl groups is 1. The maximum absolute atomic E-state index is 10.4. The van der Waals surface area contributed by atoms with Crippen LogP contribution >= 0.6 is 0 Å². The molecule has 1 N–H and O–H groups in total. The molecule has 2 aromatic rings. The molecule has 0 aliphatic carbocycles. The summed E-state index contributed by atoms with van der Waals surface area (Å²) < 4.78 is 19.5. The van der Waals surface area contributed by atoms with Crippen LogP contribution in [0.2, 0.25) is 32.7 Å². The van der Waals surface area contributed by atoms with E-state index >= 15 is 0 Å². The molecule has 238 valence electrons. The fraction of sp³-hybridized carbons (Fsp3) is 0.433. The first-order chi connectivity index (χ1) is 17.5. The molecule has 8 nitrogen and oxygen atoms in total. The first kappa shape index (κ1) is 57.1. The van der Waals surface area contributed by atoms with Gasteiger partial charge >= 0.3 is 11.9 Å². The monoisotopic (exact) mass is 776 g/mol. The number of para-hydroxylation sites is 2. The number of ketones is 1. The zero-order valence-corrected chi connectivity index (χ0v) is 35.8. The van der Waals surface area contributed by atoms with Gasteiger partial charge in [-0.25, -0.2) is 0 Å². The second-order valence-electron chi connectivity index (χ2n) is 9.79. The molecule has 0 atom stereocenters. The van der Waals surface area contributed by atoms with Gasteiger partial charge in [0.15, 0.2) is 0 Å². The van der Waals surface area contributed by atoms with Crippen molar-refractivity contribution >= 4 is 34.1 Å². The summed E-state index contributed by atoms with van der Waals surface area (Å²) in [6.07, 6.45) is 0.853. The number of rotatable bonds is 6. The van der Waals surface area contributed by atoms with E-state index in [0.29, 0.717) is 12.0 Å². The third-order valence-corrected chi connectivity index (χ3v) is 6.50. The van der Waals surface area contributed by atoms with E-state index in [1.54, 1.807) is 26.4 Å². The summed E-state index contributed by atoms with van der Waals surface area (Å²) in [5.41, 5.74) is 0. The summed E-state index contributed by atoms with van der Waals surface area (Å²) in [5, 5.41) is 8.53. The van der Waals surface area contributed by atoms with Crippen LogP contribution in [0.1, 0.15) is 27.7 Å². The van der Waals surface area contributed by atoms with Crippen LogP contribution < -0.4 is 9.47 Å². The molecule has 0 spiro atoms. The van der Waals surface area contributed by atoms with Crippen LogP contribution in [0.3, 0.4) is 0 Å². The van der Waals surface area contributed by atoms with Gasteiger partial charge in [-0.2, -0.15) is 0 Å². The second-order valence-corrected chi connectivity index (χ2v) is 19.4. The molecule has 0 saturated carbocycles. The Morgan fingerprint density at radius 1 is 0.690 bits per heavy atom. The van der Waals surface area contributed by atoms with Gasteiger partial charge in [0.25, 0.3) is 0 Å². The number of esters is 2. The Morgan fingerprint density at radius 3 is 1.21 bits per heavy atom. The van der Waals surface area contributed by atoms with Gasteiger partial charge in [-0.3, -0.25) is 9.59 Å². The summed E-state index contributed by atoms with van der Waals surface area (Å²) in [5.74, 6) is 1.21. The summed E-state index contributed by atoms with van der Waals surface area (Å²) >= 11 is 0. The SMILES string of the molecule is CC(=O)OC[Si](C)(C)C.CC(=O)Oc1ccccc1.CC(C)=O.CO[Si](C)(C)CO.COc1ccccc1.[CH3-].[CH3-].[Y].[Y]. The van der Waals surface area contributed by atoms with Gasteiger partial charge in [-0.05, 0) is 51.2 Å². The maximum Gasteiger partial charge on any atom is 0.308 e. The van der Waals surface area contributed by atoms with Crippen molar-refractivity contribution in [2.75, 3.05) is 26.7 Å². The molecule has 0 unspecified atom stereocenters. The Balaban J connectivity index is -0.0000000728. The molecule has 2 rings (SSSR count). The number of carbonyl (C=O) groups is 3. The molecular formula is C30H54O8Si2Y2-2. The normalized spacial score (nSPS) is 8.76. The minimum atomic E-state index is -1.60. The van der Waals surface area contributed by atoms with Crippen LogP contribution in [-0.4, -0.2) is 65.9 Å². The molecule has 12 heteroatoms. The fourth-order valence-corrected chi connectivity index (χ4v) is 2.36. The van der Waals surface area contributed by atoms with E-state index in [9.17, 15) is 14.4 Å². The molecule has 42 heavy (non-hydrogen) atoms. The number of hydrogen-bond acceptors (Lipinski definition) is 8. The minimum absolute atomic E-state index is 0. The Labute approximate surface area is 308 Å². The number of carbonyl (C=O) groups excluding carboxylic acids is 3. The van der Waals surface area contributed by atoms with Crippen molar-refractivity contribution in [2.45, 2.75) is 60.4 Å². The Morgan fingerprint density at radius 2 is 1.05 bits per heavy atom. The predicted octanol–water partition coefficient (Wildman–Crippen LogP) is 6.59. The number of benzene rings is 2. The van der Waals surface area contributed by atoms with Crippen molar-refractivity contribution in [3.8, 4) is 11.5 Å². The Kier molecular flexibility index (Phi) is 47.5.